The van der Waals surface area contributed by atoms with Gasteiger partial charge in [0, 0.05) is 32.7 Å². The molecule has 0 heterocycles. The monoisotopic (exact) mass is 426 g/mol. The molecule has 0 unspecified atom stereocenters. The molecule has 0 aliphatic carbocycles. The summed E-state index contributed by atoms with van der Waals surface area (Å²) in [7, 11) is -3.40. The number of hydrogen-bond acceptors (Lipinski definition) is 5. The first kappa shape index (κ1) is 25.4. The second kappa shape index (κ2) is 13.6. The fraction of sp³-hybridized carbons (Fsp3) is 0.667. The summed E-state index contributed by atoms with van der Waals surface area (Å²) in [4.78, 5) is 19.4. The van der Waals surface area contributed by atoms with Crippen LogP contribution in [0.5, 0.6) is 0 Å². The molecule has 0 atom stereocenters. The molecular formula is C21H38N4O3S. The highest BCUT2D eigenvalue weighted by molar-refractivity contribution is 7.91. The van der Waals surface area contributed by atoms with Crippen LogP contribution in [0.3, 0.4) is 0 Å². The van der Waals surface area contributed by atoms with E-state index in [0.29, 0.717) is 13.1 Å². The van der Waals surface area contributed by atoms with Gasteiger partial charge in [0.05, 0.1) is 10.6 Å². The molecule has 0 aromatic heterocycles. The van der Waals surface area contributed by atoms with Gasteiger partial charge in [-0.2, -0.15) is 0 Å². The van der Waals surface area contributed by atoms with Gasteiger partial charge in [0.2, 0.25) is 0 Å². The number of rotatable bonds is 14. The van der Waals surface area contributed by atoms with E-state index in [-0.39, 0.29) is 23.2 Å². The van der Waals surface area contributed by atoms with Crippen molar-refractivity contribution in [1.82, 2.24) is 20.0 Å². The minimum absolute atomic E-state index is 0.100. The van der Waals surface area contributed by atoms with Gasteiger partial charge < -0.3 is 20.0 Å². The highest BCUT2D eigenvalue weighted by Crippen LogP contribution is 2.09. The van der Waals surface area contributed by atoms with Crippen molar-refractivity contribution in [2.75, 3.05) is 64.7 Å². The normalized spacial score (nSPS) is 11.8. The Bertz CT molecular complexity index is 658. The van der Waals surface area contributed by atoms with Crippen molar-refractivity contribution in [1.29, 1.82) is 0 Å². The van der Waals surface area contributed by atoms with E-state index in [9.17, 15) is 13.2 Å². The summed E-state index contributed by atoms with van der Waals surface area (Å²) in [6.07, 6.45) is 0. The number of benzene rings is 1. The van der Waals surface area contributed by atoms with E-state index in [0.717, 1.165) is 39.3 Å². The molecular weight excluding hydrogens is 388 g/mol. The van der Waals surface area contributed by atoms with E-state index in [1.54, 1.807) is 35.2 Å². The van der Waals surface area contributed by atoms with Crippen LogP contribution in [0.25, 0.3) is 0 Å². The van der Waals surface area contributed by atoms with Crippen molar-refractivity contribution in [3.05, 3.63) is 30.3 Å². The number of carbonyl (C=O) groups excluding carboxylic acids is 1. The molecule has 0 fully saturated rings. The smallest absolute Gasteiger partial charge is 0.317 e. The van der Waals surface area contributed by atoms with Crippen molar-refractivity contribution in [3.63, 3.8) is 0 Å². The number of nitrogens with zero attached hydrogens (tertiary/aromatic N) is 3. The van der Waals surface area contributed by atoms with Crippen LogP contribution in [0.4, 0.5) is 4.79 Å². The average molecular weight is 427 g/mol. The predicted molar refractivity (Wildman–Crippen MR) is 119 cm³/mol. The molecule has 7 nitrogen and oxygen atoms in total. The van der Waals surface area contributed by atoms with Crippen LogP contribution in [0.1, 0.15) is 27.7 Å². The topological polar surface area (TPSA) is 73.0 Å². The van der Waals surface area contributed by atoms with Crippen molar-refractivity contribution < 1.29 is 13.2 Å². The molecule has 0 spiro atoms. The first-order valence-corrected chi connectivity index (χ1v) is 12.3. The number of likely N-dealkylation sites (N-methyl/N-ethyl adjacent to an activating group) is 2. The van der Waals surface area contributed by atoms with Crippen LogP contribution in [0, 0.1) is 0 Å². The Morgan fingerprint density at radius 2 is 1.31 bits per heavy atom. The van der Waals surface area contributed by atoms with Crippen LogP contribution in [-0.4, -0.2) is 93.8 Å². The summed E-state index contributed by atoms with van der Waals surface area (Å²) in [5.74, 6) is -0.108. The lowest BCUT2D eigenvalue weighted by Gasteiger charge is -2.29. The predicted octanol–water partition coefficient (Wildman–Crippen LogP) is 2.16. The van der Waals surface area contributed by atoms with Gasteiger partial charge in [-0.05, 0) is 38.3 Å². The van der Waals surface area contributed by atoms with E-state index < -0.39 is 9.84 Å². The summed E-state index contributed by atoms with van der Waals surface area (Å²) in [6, 6.07) is 8.15. The van der Waals surface area contributed by atoms with Crippen LogP contribution < -0.4 is 5.32 Å². The van der Waals surface area contributed by atoms with Gasteiger partial charge in [-0.1, -0.05) is 45.9 Å². The Hall–Kier alpha value is -1.64. The maximum atomic E-state index is 12.7. The van der Waals surface area contributed by atoms with Crippen molar-refractivity contribution in [3.8, 4) is 0 Å². The van der Waals surface area contributed by atoms with Crippen LogP contribution >= 0.6 is 0 Å². The number of urea groups is 1. The van der Waals surface area contributed by atoms with Gasteiger partial charge in [0.25, 0.3) is 0 Å². The molecule has 1 aromatic carbocycles. The lowest BCUT2D eigenvalue weighted by Crippen LogP contribution is -2.47. The molecule has 0 saturated carbocycles. The van der Waals surface area contributed by atoms with E-state index in [4.69, 9.17) is 0 Å². The van der Waals surface area contributed by atoms with Crippen LogP contribution in [0.15, 0.2) is 35.2 Å². The van der Waals surface area contributed by atoms with Gasteiger partial charge in [0.15, 0.2) is 9.84 Å². The third-order valence-corrected chi connectivity index (χ3v) is 6.93. The molecule has 0 aliphatic rings. The highest BCUT2D eigenvalue weighted by Gasteiger charge is 2.18. The number of nitrogens with one attached hydrogen (secondary N) is 1. The fourth-order valence-electron chi connectivity index (χ4n) is 3.07. The molecule has 1 rings (SSSR count). The first-order valence-electron chi connectivity index (χ1n) is 10.6. The zero-order valence-electron chi connectivity index (χ0n) is 18.4. The minimum Gasteiger partial charge on any atom is -0.337 e. The number of hydrogen-bond donors (Lipinski definition) is 1. The van der Waals surface area contributed by atoms with Crippen LogP contribution in [0.2, 0.25) is 0 Å². The SMILES string of the molecule is CCN(CC)CCN(CCN(CC)CC)C(=O)NCCS(=O)(=O)c1ccccc1. The Balaban J connectivity index is 2.64. The maximum absolute atomic E-state index is 12.7. The van der Waals surface area contributed by atoms with Crippen molar-refractivity contribution in [2.24, 2.45) is 0 Å². The Morgan fingerprint density at radius 3 is 1.76 bits per heavy atom. The largest absolute Gasteiger partial charge is 0.337 e. The Labute approximate surface area is 177 Å². The zero-order chi connectivity index (χ0) is 21.7. The highest BCUT2D eigenvalue weighted by atomic mass is 32.2. The van der Waals surface area contributed by atoms with E-state index in [1.807, 2.05) is 0 Å². The minimum atomic E-state index is -3.40. The van der Waals surface area contributed by atoms with Crippen molar-refractivity contribution >= 4 is 15.9 Å². The van der Waals surface area contributed by atoms with Crippen LogP contribution in [-0.2, 0) is 9.84 Å². The number of sulfone groups is 1. The summed E-state index contributed by atoms with van der Waals surface area (Å²) in [5.41, 5.74) is 0. The van der Waals surface area contributed by atoms with Gasteiger partial charge in [-0.25, -0.2) is 13.2 Å². The molecule has 166 valence electrons. The lowest BCUT2D eigenvalue weighted by molar-refractivity contribution is 0.173. The van der Waals surface area contributed by atoms with E-state index in [2.05, 4.69) is 42.8 Å². The molecule has 0 saturated heterocycles. The average Bonchev–Trinajstić information content (AvgIpc) is 2.73. The van der Waals surface area contributed by atoms with Gasteiger partial charge in [-0.3, -0.25) is 0 Å². The third-order valence-electron chi connectivity index (χ3n) is 5.20. The summed E-state index contributed by atoms with van der Waals surface area (Å²) < 4.78 is 24.8. The first-order chi connectivity index (χ1) is 13.9. The second-order valence-electron chi connectivity index (χ2n) is 6.90. The summed E-state index contributed by atoms with van der Waals surface area (Å²) >= 11 is 0. The molecule has 1 N–H and O–H groups in total. The standard InChI is InChI=1S/C21H38N4O3S/c1-5-23(6-2)15-17-25(18-16-24(7-3)8-4)21(26)22-14-19-29(27,28)20-12-10-9-11-13-20/h9-13H,5-8,14-19H2,1-4H3,(H,22,26). The third kappa shape index (κ3) is 9.14. The quantitative estimate of drug-likeness (QED) is 0.494. The second-order valence-corrected chi connectivity index (χ2v) is 9.01. The number of carbonyl (C=O) groups is 1. The molecule has 0 radical (unpaired) electrons. The zero-order valence-corrected chi connectivity index (χ0v) is 19.2. The lowest BCUT2D eigenvalue weighted by atomic mass is 10.4. The van der Waals surface area contributed by atoms with E-state index in [1.165, 1.54) is 0 Å². The van der Waals surface area contributed by atoms with Gasteiger partial charge in [0.1, 0.15) is 0 Å². The molecule has 1 aromatic rings. The summed E-state index contributed by atoms with van der Waals surface area (Å²) in [6.45, 7) is 15.2. The van der Waals surface area contributed by atoms with Gasteiger partial charge in [-0.15, -0.1) is 0 Å². The molecule has 2 amide bonds. The van der Waals surface area contributed by atoms with Gasteiger partial charge >= 0.3 is 6.03 Å². The Morgan fingerprint density at radius 1 is 0.828 bits per heavy atom. The molecule has 0 aliphatic heterocycles. The fourth-order valence-corrected chi connectivity index (χ4v) is 4.25. The molecule has 8 heteroatoms. The summed E-state index contributed by atoms with van der Waals surface area (Å²) in [5, 5.41) is 2.80. The molecule has 0 bridgehead atoms. The number of amides is 2. The van der Waals surface area contributed by atoms with E-state index >= 15 is 0 Å². The molecule has 29 heavy (non-hydrogen) atoms. The Kier molecular flexibility index (Phi) is 11.9. The van der Waals surface area contributed by atoms with Crippen molar-refractivity contribution in [2.45, 2.75) is 32.6 Å². The maximum Gasteiger partial charge on any atom is 0.317 e.